The molecule has 0 amide bonds. The fourth-order valence-electron chi connectivity index (χ4n) is 4.50. The standard InChI is InChI=1S/C27H32N2O5S/c1-3-28-35(31,32)26-14-7-4-11-23(26)27(30)15-17-29(18-16-27)20-21-9-8-10-22(19-21)34-25-13-6-5-12-24(25)33-2/h4-14,19,28,30H,3,15-18,20H2,1-2H3. The van der Waals surface area contributed by atoms with Crippen molar-refractivity contribution in [2.75, 3.05) is 26.7 Å². The highest BCUT2D eigenvalue weighted by Gasteiger charge is 2.37. The highest BCUT2D eigenvalue weighted by Crippen LogP contribution is 2.37. The first-order chi connectivity index (χ1) is 16.8. The number of sulfonamides is 1. The van der Waals surface area contributed by atoms with Gasteiger partial charge in [-0.05, 0) is 48.7 Å². The van der Waals surface area contributed by atoms with Crippen LogP contribution in [0.1, 0.15) is 30.9 Å². The van der Waals surface area contributed by atoms with Gasteiger partial charge in [-0.25, -0.2) is 13.1 Å². The molecule has 0 aromatic heterocycles. The van der Waals surface area contributed by atoms with Gasteiger partial charge < -0.3 is 14.6 Å². The third kappa shape index (κ3) is 5.85. The third-order valence-electron chi connectivity index (χ3n) is 6.30. The van der Waals surface area contributed by atoms with E-state index >= 15 is 0 Å². The van der Waals surface area contributed by atoms with Crippen LogP contribution in [0.2, 0.25) is 0 Å². The molecule has 1 saturated heterocycles. The van der Waals surface area contributed by atoms with E-state index in [1.807, 2.05) is 48.5 Å². The van der Waals surface area contributed by atoms with Crippen molar-refractivity contribution in [2.45, 2.75) is 36.8 Å². The molecule has 1 heterocycles. The maximum Gasteiger partial charge on any atom is 0.240 e. The van der Waals surface area contributed by atoms with Crippen LogP contribution in [-0.2, 0) is 22.2 Å². The Morgan fingerprint density at radius 3 is 2.37 bits per heavy atom. The molecular weight excluding hydrogens is 464 g/mol. The van der Waals surface area contributed by atoms with Crippen molar-refractivity contribution in [2.24, 2.45) is 0 Å². The van der Waals surface area contributed by atoms with Gasteiger partial charge in [0.1, 0.15) is 5.75 Å². The summed E-state index contributed by atoms with van der Waals surface area (Å²) in [6.07, 6.45) is 0.895. The summed E-state index contributed by atoms with van der Waals surface area (Å²) in [6, 6.07) is 22.2. The fourth-order valence-corrected chi connectivity index (χ4v) is 5.84. The Kier molecular flexibility index (Phi) is 7.76. The van der Waals surface area contributed by atoms with Gasteiger partial charge in [-0.1, -0.05) is 49.4 Å². The van der Waals surface area contributed by atoms with Crippen molar-refractivity contribution in [3.63, 3.8) is 0 Å². The molecule has 4 rings (SSSR count). The van der Waals surface area contributed by atoms with E-state index in [4.69, 9.17) is 9.47 Å². The highest BCUT2D eigenvalue weighted by molar-refractivity contribution is 7.89. The number of nitrogens with one attached hydrogen (secondary N) is 1. The summed E-state index contributed by atoms with van der Waals surface area (Å²) < 4.78 is 39.3. The summed E-state index contributed by atoms with van der Waals surface area (Å²) in [4.78, 5) is 2.41. The maximum absolute atomic E-state index is 12.7. The predicted molar refractivity (Wildman–Crippen MR) is 135 cm³/mol. The molecule has 1 fully saturated rings. The first kappa shape index (κ1) is 25.2. The van der Waals surface area contributed by atoms with Crippen molar-refractivity contribution in [3.05, 3.63) is 83.9 Å². The Morgan fingerprint density at radius 1 is 0.971 bits per heavy atom. The number of likely N-dealkylation sites (tertiary alicyclic amines) is 1. The lowest BCUT2D eigenvalue weighted by Gasteiger charge is -2.39. The van der Waals surface area contributed by atoms with Gasteiger partial charge in [0.2, 0.25) is 10.0 Å². The Hall–Kier alpha value is -2.91. The Labute approximate surface area is 207 Å². The van der Waals surface area contributed by atoms with Gasteiger partial charge in [-0.3, -0.25) is 4.90 Å². The molecule has 1 aliphatic rings. The first-order valence-corrected chi connectivity index (χ1v) is 13.3. The smallest absolute Gasteiger partial charge is 0.240 e. The molecule has 1 aliphatic heterocycles. The normalized spacial score (nSPS) is 16.1. The fraction of sp³-hybridized carbons (Fsp3) is 0.333. The van der Waals surface area contributed by atoms with Gasteiger partial charge in [0, 0.05) is 31.7 Å². The number of nitrogens with zero attached hydrogens (tertiary/aromatic N) is 1. The van der Waals surface area contributed by atoms with Crippen LogP contribution in [-0.4, -0.2) is 45.2 Å². The molecule has 35 heavy (non-hydrogen) atoms. The van der Waals surface area contributed by atoms with E-state index < -0.39 is 15.6 Å². The molecule has 0 aliphatic carbocycles. The Morgan fingerprint density at radius 2 is 1.66 bits per heavy atom. The van der Waals surface area contributed by atoms with E-state index in [9.17, 15) is 13.5 Å². The zero-order valence-corrected chi connectivity index (χ0v) is 20.9. The summed E-state index contributed by atoms with van der Waals surface area (Å²) in [5.41, 5.74) is 0.371. The van der Waals surface area contributed by atoms with Gasteiger partial charge in [0.05, 0.1) is 17.6 Å². The summed E-state index contributed by atoms with van der Waals surface area (Å²) >= 11 is 0. The highest BCUT2D eigenvalue weighted by atomic mass is 32.2. The lowest BCUT2D eigenvalue weighted by Crippen LogP contribution is -2.43. The Bertz CT molecular complexity index is 1250. The number of para-hydroxylation sites is 2. The van der Waals surface area contributed by atoms with E-state index in [2.05, 4.69) is 9.62 Å². The lowest BCUT2D eigenvalue weighted by atomic mass is 9.84. The van der Waals surface area contributed by atoms with Crippen LogP contribution in [0.5, 0.6) is 17.2 Å². The number of benzene rings is 3. The number of ether oxygens (including phenoxy) is 2. The molecule has 0 bridgehead atoms. The minimum absolute atomic E-state index is 0.152. The number of aliphatic hydroxyl groups is 1. The van der Waals surface area contributed by atoms with Crippen LogP contribution in [0.4, 0.5) is 0 Å². The first-order valence-electron chi connectivity index (χ1n) is 11.8. The molecule has 0 radical (unpaired) electrons. The van der Waals surface area contributed by atoms with Crippen LogP contribution < -0.4 is 14.2 Å². The van der Waals surface area contributed by atoms with E-state index in [0.29, 0.717) is 56.1 Å². The van der Waals surface area contributed by atoms with E-state index in [-0.39, 0.29) is 4.90 Å². The van der Waals surface area contributed by atoms with Gasteiger partial charge in [0.15, 0.2) is 11.5 Å². The molecule has 8 heteroatoms. The van der Waals surface area contributed by atoms with Crippen molar-refractivity contribution in [1.82, 2.24) is 9.62 Å². The molecule has 7 nitrogen and oxygen atoms in total. The van der Waals surface area contributed by atoms with Gasteiger partial charge in [-0.15, -0.1) is 0 Å². The van der Waals surface area contributed by atoms with Gasteiger partial charge >= 0.3 is 0 Å². The second-order valence-corrected chi connectivity index (χ2v) is 10.4. The van der Waals surface area contributed by atoms with Crippen molar-refractivity contribution >= 4 is 10.0 Å². The van der Waals surface area contributed by atoms with Crippen molar-refractivity contribution in [3.8, 4) is 17.2 Å². The second-order valence-electron chi connectivity index (χ2n) is 8.71. The monoisotopic (exact) mass is 496 g/mol. The summed E-state index contributed by atoms with van der Waals surface area (Å²) in [7, 11) is -2.06. The molecule has 0 saturated carbocycles. The van der Waals surface area contributed by atoms with Gasteiger partial charge in [0.25, 0.3) is 0 Å². The summed E-state index contributed by atoms with van der Waals surface area (Å²) in [6.45, 7) is 4.02. The molecule has 0 atom stereocenters. The lowest BCUT2D eigenvalue weighted by molar-refractivity contribution is -0.0299. The van der Waals surface area contributed by atoms with Crippen LogP contribution in [0, 0.1) is 0 Å². The average molecular weight is 497 g/mol. The second kappa shape index (κ2) is 10.8. The maximum atomic E-state index is 12.7. The zero-order chi connectivity index (χ0) is 24.9. The van der Waals surface area contributed by atoms with Crippen molar-refractivity contribution in [1.29, 1.82) is 0 Å². The number of piperidine rings is 1. The topological polar surface area (TPSA) is 88.1 Å². The molecule has 3 aromatic carbocycles. The zero-order valence-electron chi connectivity index (χ0n) is 20.1. The van der Waals surface area contributed by atoms with Crippen molar-refractivity contribution < 1.29 is 23.0 Å². The quantitative estimate of drug-likeness (QED) is 0.460. The van der Waals surface area contributed by atoms with Crippen LogP contribution in [0.15, 0.2) is 77.7 Å². The third-order valence-corrected chi connectivity index (χ3v) is 7.90. The predicted octanol–water partition coefficient (Wildman–Crippen LogP) is 4.27. The number of methoxy groups -OCH3 is 1. The molecule has 2 N–H and O–H groups in total. The van der Waals surface area contributed by atoms with Crippen LogP contribution in [0.25, 0.3) is 0 Å². The van der Waals surface area contributed by atoms with E-state index in [0.717, 1.165) is 11.3 Å². The number of hydrogen-bond donors (Lipinski definition) is 2. The molecule has 0 spiro atoms. The molecule has 0 unspecified atom stereocenters. The molecule has 186 valence electrons. The Balaban J connectivity index is 1.44. The summed E-state index contributed by atoms with van der Waals surface area (Å²) in [5.74, 6) is 2.05. The van der Waals surface area contributed by atoms with E-state index in [1.54, 1.807) is 38.3 Å². The van der Waals surface area contributed by atoms with Crippen LogP contribution >= 0.6 is 0 Å². The largest absolute Gasteiger partial charge is 0.493 e. The minimum atomic E-state index is -3.67. The average Bonchev–Trinajstić information content (AvgIpc) is 2.86. The van der Waals surface area contributed by atoms with E-state index in [1.165, 1.54) is 0 Å². The SMILES string of the molecule is CCNS(=O)(=O)c1ccccc1C1(O)CCN(Cc2cccc(Oc3ccccc3OC)c2)CC1. The number of rotatable bonds is 9. The molecule has 3 aromatic rings. The summed E-state index contributed by atoms with van der Waals surface area (Å²) in [5, 5.41) is 11.4. The number of hydrogen-bond acceptors (Lipinski definition) is 6. The molecular formula is C27H32N2O5S. The van der Waals surface area contributed by atoms with Crippen LogP contribution in [0.3, 0.4) is 0 Å². The minimum Gasteiger partial charge on any atom is -0.493 e. The van der Waals surface area contributed by atoms with Gasteiger partial charge in [-0.2, -0.15) is 0 Å².